The fraction of sp³-hybridized carbons (Fsp3) is 0.885. The molecule has 0 amide bonds. The quantitative estimate of drug-likeness (QED) is 0.0516. The van der Waals surface area contributed by atoms with Gasteiger partial charge in [-0.1, -0.05) is 76.7 Å². The fourth-order valence-electron chi connectivity index (χ4n) is 3.46. The van der Waals surface area contributed by atoms with Gasteiger partial charge >= 0.3 is 13.8 Å². The highest BCUT2D eigenvalue weighted by atomic mass is 31.2. The zero-order valence-corrected chi connectivity index (χ0v) is 23.5. The van der Waals surface area contributed by atoms with E-state index in [2.05, 4.69) is 6.58 Å². The van der Waals surface area contributed by atoms with Crippen molar-refractivity contribution in [2.45, 2.75) is 102 Å². The van der Waals surface area contributed by atoms with Crippen molar-refractivity contribution in [3.63, 3.8) is 0 Å². The topological polar surface area (TPSA) is 102 Å². The number of likely N-dealkylation sites (N-methyl/N-ethyl adjacent to an activating group) is 1. The van der Waals surface area contributed by atoms with Gasteiger partial charge in [-0.05, 0) is 19.3 Å². The molecule has 0 spiro atoms. The maximum atomic E-state index is 11.8. The van der Waals surface area contributed by atoms with Gasteiger partial charge in [0.1, 0.15) is 25.9 Å². The number of aliphatic hydroxyl groups is 1. The van der Waals surface area contributed by atoms with Crippen LogP contribution >= 0.6 is 7.82 Å². The summed E-state index contributed by atoms with van der Waals surface area (Å²) in [4.78, 5) is 21.4. The normalized spacial score (nSPS) is 14.4. The van der Waals surface area contributed by atoms with Crippen molar-refractivity contribution in [3.05, 3.63) is 12.7 Å². The summed E-state index contributed by atoms with van der Waals surface area (Å²) in [7, 11) is 1.56. The number of carbonyl (C=O) groups is 1. The van der Waals surface area contributed by atoms with Crippen LogP contribution in [0.3, 0.4) is 0 Å². The van der Waals surface area contributed by atoms with E-state index in [9.17, 15) is 19.4 Å². The molecule has 0 saturated heterocycles. The number of aliphatic hydroxyl groups excluding tert-OH is 1. The van der Waals surface area contributed by atoms with E-state index in [1.54, 1.807) is 0 Å². The van der Waals surface area contributed by atoms with Gasteiger partial charge in [-0.2, -0.15) is 0 Å². The SMILES string of the molecule is C=CCCCCCCCCCCCCCCCC(=O)OC[C@@H](O)COP(=O)(O)OCC[N+](C)(C)C. The first kappa shape index (κ1) is 34.2. The van der Waals surface area contributed by atoms with Crippen molar-refractivity contribution in [3.8, 4) is 0 Å². The van der Waals surface area contributed by atoms with Crippen molar-refractivity contribution in [1.82, 2.24) is 0 Å². The third-order valence-corrected chi connectivity index (χ3v) is 6.66. The molecule has 0 aromatic heterocycles. The predicted molar refractivity (Wildman–Crippen MR) is 141 cm³/mol. The Labute approximate surface area is 214 Å². The lowest BCUT2D eigenvalue weighted by Crippen LogP contribution is -2.37. The van der Waals surface area contributed by atoms with Crippen LogP contribution in [0.4, 0.5) is 0 Å². The first-order valence-electron chi connectivity index (χ1n) is 13.4. The monoisotopic (exact) mass is 522 g/mol. The number of carbonyl (C=O) groups excluding carboxylic acids is 1. The van der Waals surface area contributed by atoms with Crippen LogP contribution < -0.4 is 0 Å². The highest BCUT2D eigenvalue weighted by molar-refractivity contribution is 7.47. The second kappa shape index (κ2) is 21.3. The number of hydrogen-bond acceptors (Lipinski definition) is 6. The molecular weight excluding hydrogens is 469 g/mol. The third-order valence-electron chi connectivity index (χ3n) is 5.67. The van der Waals surface area contributed by atoms with E-state index in [-0.39, 0.29) is 19.2 Å². The molecule has 0 aromatic rings. The van der Waals surface area contributed by atoms with Gasteiger partial charge in [0.2, 0.25) is 0 Å². The van der Waals surface area contributed by atoms with Crippen molar-refractivity contribution in [2.75, 3.05) is 47.5 Å². The molecule has 8 nitrogen and oxygen atoms in total. The molecule has 0 heterocycles. The Kier molecular flexibility index (Phi) is 20.9. The maximum absolute atomic E-state index is 11.8. The van der Waals surface area contributed by atoms with E-state index in [0.717, 1.165) is 25.7 Å². The summed E-state index contributed by atoms with van der Waals surface area (Å²) < 4.78 is 27.0. The molecule has 208 valence electrons. The molecule has 0 radical (unpaired) electrons. The second-order valence-electron chi connectivity index (χ2n) is 10.4. The Hall–Kier alpha value is -0.760. The number of nitrogens with zero attached hydrogens (tertiary/aromatic N) is 1. The molecule has 0 bridgehead atoms. The Morgan fingerprint density at radius 3 is 1.83 bits per heavy atom. The number of rotatable bonds is 25. The number of phosphoric acid groups is 1. The van der Waals surface area contributed by atoms with Gasteiger partial charge in [0, 0.05) is 6.42 Å². The molecule has 0 saturated carbocycles. The average molecular weight is 523 g/mol. The van der Waals surface area contributed by atoms with E-state index in [4.69, 9.17) is 13.8 Å². The van der Waals surface area contributed by atoms with Crippen LogP contribution in [-0.2, 0) is 23.1 Å². The van der Waals surface area contributed by atoms with E-state index in [1.165, 1.54) is 64.2 Å². The van der Waals surface area contributed by atoms with Crippen LogP contribution in [0, 0.1) is 0 Å². The van der Waals surface area contributed by atoms with Crippen LogP contribution in [-0.4, -0.2) is 74.1 Å². The molecule has 2 atom stereocenters. The molecule has 0 fully saturated rings. The molecule has 0 aliphatic carbocycles. The van der Waals surface area contributed by atoms with Gasteiger partial charge < -0.3 is 19.2 Å². The van der Waals surface area contributed by atoms with Gasteiger partial charge in [-0.3, -0.25) is 13.8 Å². The van der Waals surface area contributed by atoms with Gasteiger partial charge in [0.15, 0.2) is 0 Å². The highest BCUT2D eigenvalue weighted by Gasteiger charge is 2.24. The van der Waals surface area contributed by atoms with Crippen molar-refractivity contribution < 1.29 is 37.6 Å². The first-order valence-corrected chi connectivity index (χ1v) is 14.9. The number of quaternary nitrogens is 1. The van der Waals surface area contributed by atoms with Gasteiger partial charge in [0.25, 0.3) is 0 Å². The summed E-state index contributed by atoms with van der Waals surface area (Å²) in [6.07, 6.45) is 18.2. The van der Waals surface area contributed by atoms with E-state index < -0.39 is 20.5 Å². The summed E-state index contributed by atoms with van der Waals surface area (Å²) in [5.74, 6) is -0.375. The molecule has 0 rings (SSSR count). The van der Waals surface area contributed by atoms with Crippen LogP contribution in [0.1, 0.15) is 96.3 Å². The summed E-state index contributed by atoms with van der Waals surface area (Å²) in [5.41, 5.74) is 0. The van der Waals surface area contributed by atoms with E-state index in [0.29, 0.717) is 17.4 Å². The Bertz CT molecular complexity index is 581. The zero-order chi connectivity index (χ0) is 26.4. The van der Waals surface area contributed by atoms with E-state index in [1.807, 2.05) is 27.2 Å². The predicted octanol–water partition coefficient (Wildman–Crippen LogP) is 5.77. The molecule has 0 aromatic carbocycles. The Morgan fingerprint density at radius 1 is 0.857 bits per heavy atom. The summed E-state index contributed by atoms with van der Waals surface area (Å²) in [6.45, 7) is 3.63. The molecule has 0 aliphatic heterocycles. The Balaban J connectivity index is 3.53. The Morgan fingerprint density at radius 2 is 1.34 bits per heavy atom. The van der Waals surface area contributed by atoms with Gasteiger partial charge in [-0.25, -0.2) is 4.57 Å². The number of phosphoric ester groups is 1. The number of ether oxygens (including phenoxy) is 1. The molecular formula is C26H53NO7P+. The molecule has 2 N–H and O–H groups in total. The molecule has 35 heavy (non-hydrogen) atoms. The molecule has 9 heteroatoms. The third kappa shape index (κ3) is 26.1. The summed E-state index contributed by atoms with van der Waals surface area (Å²) in [6, 6.07) is 0. The highest BCUT2D eigenvalue weighted by Crippen LogP contribution is 2.43. The molecule has 1 unspecified atom stereocenters. The fourth-order valence-corrected chi connectivity index (χ4v) is 4.21. The molecule has 0 aliphatic rings. The minimum atomic E-state index is -4.24. The average Bonchev–Trinajstić information content (AvgIpc) is 2.78. The lowest BCUT2D eigenvalue weighted by molar-refractivity contribution is -0.870. The lowest BCUT2D eigenvalue weighted by Gasteiger charge is -2.24. The standard InChI is InChI=1S/C26H52NO7P/c1-5-6-7-8-9-10-11-12-13-14-15-16-17-18-19-20-26(29)32-23-25(28)24-34-35(30,31)33-22-21-27(2,3)4/h5,25,28H,1,6-24H2,2-4H3/p+1/t25-/m1/s1. The smallest absolute Gasteiger partial charge is 0.463 e. The largest absolute Gasteiger partial charge is 0.472 e. The van der Waals surface area contributed by atoms with Crippen LogP contribution in [0.2, 0.25) is 0 Å². The number of hydrogen-bond donors (Lipinski definition) is 2. The van der Waals surface area contributed by atoms with E-state index >= 15 is 0 Å². The zero-order valence-electron chi connectivity index (χ0n) is 22.6. The number of unbranched alkanes of at least 4 members (excludes halogenated alkanes) is 13. The van der Waals surface area contributed by atoms with Gasteiger partial charge in [0.05, 0.1) is 27.7 Å². The van der Waals surface area contributed by atoms with Crippen LogP contribution in [0.25, 0.3) is 0 Å². The number of allylic oxidation sites excluding steroid dienone is 1. The van der Waals surface area contributed by atoms with Crippen molar-refractivity contribution in [2.24, 2.45) is 0 Å². The van der Waals surface area contributed by atoms with Gasteiger partial charge in [-0.15, -0.1) is 6.58 Å². The lowest BCUT2D eigenvalue weighted by atomic mass is 10.0. The van der Waals surface area contributed by atoms with Crippen molar-refractivity contribution in [1.29, 1.82) is 0 Å². The maximum Gasteiger partial charge on any atom is 0.472 e. The van der Waals surface area contributed by atoms with Crippen LogP contribution in [0.5, 0.6) is 0 Å². The van der Waals surface area contributed by atoms with Crippen molar-refractivity contribution >= 4 is 13.8 Å². The first-order chi connectivity index (χ1) is 16.6. The minimum absolute atomic E-state index is 0.0549. The van der Waals surface area contributed by atoms with Crippen LogP contribution in [0.15, 0.2) is 12.7 Å². The summed E-state index contributed by atoms with van der Waals surface area (Å²) >= 11 is 0. The minimum Gasteiger partial charge on any atom is -0.463 e. The number of esters is 1. The second-order valence-corrected chi connectivity index (χ2v) is 11.8. The summed E-state index contributed by atoms with van der Waals surface area (Å²) in [5, 5.41) is 9.82.